The summed E-state index contributed by atoms with van der Waals surface area (Å²) in [4.78, 5) is 2.33. The van der Waals surface area contributed by atoms with E-state index in [1.807, 2.05) is 19.1 Å². The maximum Gasteiger partial charge on any atom is 0.276 e. The summed E-state index contributed by atoms with van der Waals surface area (Å²) < 4.78 is 30.4. The van der Waals surface area contributed by atoms with Crippen molar-refractivity contribution in [3.05, 3.63) is 58.6 Å². The highest BCUT2D eigenvalue weighted by Gasteiger charge is 2.12. The Morgan fingerprint density at radius 1 is 1.18 bits per heavy atom. The first-order valence-corrected chi connectivity index (χ1v) is 8.83. The molecule has 0 atom stereocenters. The van der Waals surface area contributed by atoms with E-state index in [-0.39, 0.29) is 4.90 Å². The van der Waals surface area contributed by atoms with Crippen molar-refractivity contribution in [1.82, 2.24) is 4.83 Å². The van der Waals surface area contributed by atoms with Crippen molar-refractivity contribution in [1.29, 1.82) is 0 Å². The number of ether oxygens (including phenoxy) is 1. The number of hydrogen-bond acceptors (Lipinski definition) is 4. The minimum Gasteiger partial charge on any atom is -0.493 e. The topological polar surface area (TPSA) is 67.8 Å². The Morgan fingerprint density at radius 2 is 1.86 bits per heavy atom. The zero-order valence-electron chi connectivity index (χ0n) is 11.9. The number of halogens is 1. The summed E-state index contributed by atoms with van der Waals surface area (Å²) in [6, 6.07) is 13.6. The van der Waals surface area contributed by atoms with E-state index in [9.17, 15) is 8.42 Å². The van der Waals surface area contributed by atoms with E-state index in [0.717, 1.165) is 4.47 Å². The van der Waals surface area contributed by atoms with Crippen LogP contribution in [-0.4, -0.2) is 21.2 Å². The first kappa shape index (κ1) is 16.5. The second kappa shape index (κ2) is 7.42. The van der Waals surface area contributed by atoms with Gasteiger partial charge in [-0.15, -0.1) is 0 Å². The molecule has 0 amide bonds. The van der Waals surface area contributed by atoms with E-state index >= 15 is 0 Å². The standard InChI is InChI=1S/C15H15BrN2O3S/c1-2-21-15-6-4-3-5-12(15)11-17-18-22(19,20)14-9-7-13(16)8-10-14/h3-11,18H,2H2,1H3. The Balaban J connectivity index is 2.13. The van der Waals surface area contributed by atoms with Crippen molar-refractivity contribution < 1.29 is 13.2 Å². The molecule has 2 rings (SSSR count). The molecule has 0 spiro atoms. The first-order valence-electron chi connectivity index (χ1n) is 6.55. The minimum absolute atomic E-state index is 0.144. The number of nitrogens with zero attached hydrogens (tertiary/aromatic N) is 1. The van der Waals surface area contributed by atoms with Crippen LogP contribution < -0.4 is 9.57 Å². The van der Waals surface area contributed by atoms with Crippen LogP contribution in [0.5, 0.6) is 5.75 Å². The van der Waals surface area contributed by atoms with Crippen LogP contribution in [0.25, 0.3) is 0 Å². The van der Waals surface area contributed by atoms with Crippen molar-refractivity contribution in [2.45, 2.75) is 11.8 Å². The fourth-order valence-electron chi connectivity index (χ4n) is 1.71. The molecule has 0 aliphatic heterocycles. The van der Waals surface area contributed by atoms with Crippen LogP contribution in [0, 0.1) is 0 Å². The summed E-state index contributed by atoms with van der Waals surface area (Å²) in [5.41, 5.74) is 0.697. The highest BCUT2D eigenvalue weighted by Crippen LogP contribution is 2.16. The van der Waals surface area contributed by atoms with Crippen LogP contribution in [0.1, 0.15) is 12.5 Å². The first-order chi connectivity index (χ1) is 10.5. The van der Waals surface area contributed by atoms with E-state index in [4.69, 9.17) is 4.74 Å². The fraction of sp³-hybridized carbons (Fsp3) is 0.133. The van der Waals surface area contributed by atoms with Crippen molar-refractivity contribution in [3.8, 4) is 5.75 Å². The lowest BCUT2D eigenvalue weighted by atomic mass is 10.2. The molecule has 0 unspecified atom stereocenters. The SMILES string of the molecule is CCOc1ccccc1C=NNS(=O)(=O)c1ccc(Br)cc1. The van der Waals surface area contributed by atoms with Crippen LogP contribution in [0.2, 0.25) is 0 Å². The number of para-hydroxylation sites is 1. The Hall–Kier alpha value is -1.86. The van der Waals surface area contributed by atoms with E-state index in [1.165, 1.54) is 18.3 Å². The monoisotopic (exact) mass is 382 g/mol. The molecule has 0 heterocycles. The smallest absolute Gasteiger partial charge is 0.276 e. The van der Waals surface area contributed by atoms with E-state index in [1.54, 1.807) is 24.3 Å². The normalized spacial score (nSPS) is 11.5. The van der Waals surface area contributed by atoms with Gasteiger partial charge in [-0.3, -0.25) is 0 Å². The molecule has 7 heteroatoms. The van der Waals surface area contributed by atoms with Crippen molar-refractivity contribution >= 4 is 32.2 Å². The summed E-state index contributed by atoms with van der Waals surface area (Å²) >= 11 is 3.26. The Labute approximate surface area is 138 Å². The van der Waals surface area contributed by atoms with Crippen LogP contribution in [0.3, 0.4) is 0 Å². The molecular formula is C15H15BrN2O3S. The van der Waals surface area contributed by atoms with Gasteiger partial charge in [0, 0.05) is 10.0 Å². The zero-order chi connectivity index (χ0) is 16.0. The quantitative estimate of drug-likeness (QED) is 0.616. The van der Waals surface area contributed by atoms with Crippen LogP contribution >= 0.6 is 15.9 Å². The molecule has 5 nitrogen and oxygen atoms in total. The Kier molecular flexibility index (Phi) is 5.57. The maximum atomic E-state index is 12.1. The van der Waals surface area contributed by atoms with Gasteiger partial charge in [-0.05, 0) is 43.3 Å². The summed E-state index contributed by atoms with van der Waals surface area (Å²) in [5, 5.41) is 3.80. The average molecular weight is 383 g/mol. The van der Waals surface area contributed by atoms with Crippen LogP contribution in [0.4, 0.5) is 0 Å². The Bertz CT molecular complexity index is 759. The molecule has 0 aromatic heterocycles. The molecule has 0 radical (unpaired) electrons. The van der Waals surface area contributed by atoms with Gasteiger partial charge >= 0.3 is 0 Å². The van der Waals surface area contributed by atoms with Crippen molar-refractivity contribution in [2.24, 2.45) is 5.10 Å². The zero-order valence-corrected chi connectivity index (χ0v) is 14.3. The Morgan fingerprint density at radius 3 is 2.55 bits per heavy atom. The van der Waals surface area contributed by atoms with Crippen LogP contribution in [0.15, 0.2) is 63.0 Å². The van der Waals surface area contributed by atoms with Gasteiger partial charge in [0.1, 0.15) is 5.75 Å². The molecule has 0 saturated heterocycles. The van der Waals surface area contributed by atoms with Gasteiger partial charge in [0.25, 0.3) is 10.0 Å². The molecule has 1 N–H and O–H groups in total. The molecular weight excluding hydrogens is 368 g/mol. The summed E-state index contributed by atoms with van der Waals surface area (Å²) in [6.45, 7) is 2.40. The van der Waals surface area contributed by atoms with E-state index < -0.39 is 10.0 Å². The second-order valence-corrected chi connectivity index (χ2v) is 6.85. The molecule has 0 saturated carbocycles. The van der Waals surface area contributed by atoms with E-state index in [0.29, 0.717) is 17.9 Å². The second-order valence-electron chi connectivity index (χ2n) is 4.28. The maximum absolute atomic E-state index is 12.1. The summed E-state index contributed by atoms with van der Waals surface area (Å²) in [6.07, 6.45) is 1.42. The molecule has 0 fully saturated rings. The highest BCUT2D eigenvalue weighted by atomic mass is 79.9. The van der Waals surface area contributed by atoms with Crippen molar-refractivity contribution in [2.75, 3.05) is 6.61 Å². The molecule has 116 valence electrons. The molecule has 2 aromatic rings. The average Bonchev–Trinajstić information content (AvgIpc) is 2.49. The van der Waals surface area contributed by atoms with Gasteiger partial charge < -0.3 is 4.74 Å². The molecule has 2 aromatic carbocycles. The third kappa shape index (κ3) is 4.32. The lowest BCUT2D eigenvalue weighted by molar-refractivity contribution is 0.340. The molecule has 0 bridgehead atoms. The minimum atomic E-state index is -3.68. The molecule has 22 heavy (non-hydrogen) atoms. The van der Waals surface area contributed by atoms with Gasteiger partial charge in [-0.2, -0.15) is 13.5 Å². The van der Waals surface area contributed by atoms with E-state index in [2.05, 4.69) is 25.9 Å². The number of hydrazone groups is 1. The van der Waals surface area contributed by atoms with Crippen LogP contribution in [-0.2, 0) is 10.0 Å². The lowest BCUT2D eigenvalue weighted by Gasteiger charge is -2.06. The lowest BCUT2D eigenvalue weighted by Crippen LogP contribution is -2.18. The highest BCUT2D eigenvalue weighted by molar-refractivity contribution is 9.10. The number of nitrogens with one attached hydrogen (secondary N) is 1. The summed E-state index contributed by atoms with van der Waals surface area (Å²) in [7, 11) is -3.68. The van der Waals surface area contributed by atoms with Gasteiger partial charge in [-0.25, -0.2) is 4.83 Å². The molecule has 0 aliphatic carbocycles. The largest absolute Gasteiger partial charge is 0.493 e. The predicted octanol–water partition coefficient (Wildman–Crippen LogP) is 3.16. The fourth-order valence-corrected chi connectivity index (χ4v) is 2.76. The number of hydrogen-bond donors (Lipinski definition) is 1. The predicted molar refractivity (Wildman–Crippen MR) is 89.7 cm³/mol. The number of rotatable bonds is 6. The van der Waals surface area contributed by atoms with Crippen molar-refractivity contribution in [3.63, 3.8) is 0 Å². The number of sulfonamides is 1. The third-order valence-corrected chi connectivity index (χ3v) is 4.49. The number of benzene rings is 2. The van der Waals surface area contributed by atoms with Gasteiger partial charge in [-0.1, -0.05) is 28.1 Å². The van der Waals surface area contributed by atoms with Gasteiger partial charge in [0.2, 0.25) is 0 Å². The van der Waals surface area contributed by atoms with Gasteiger partial charge in [0.05, 0.1) is 17.7 Å². The summed E-state index contributed by atoms with van der Waals surface area (Å²) in [5.74, 6) is 0.650. The van der Waals surface area contributed by atoms with Gasteiger partial charge in [0.15, 0.2) is 0 Å². The molecule has 0 aliphatic rings. The third-order valence-electron chi connectivity index (χ3n) is 2.72.